The molecule has 0 aromatic heterocycles. The van der Waals surface area contributed by atoms with Crippen molar-refractivity contribution in [2.24, 2.45) is 11.7 Å². The zero-order valence-corrected chi connectivity index (χ0v) is 15.4. The maximum absolute atomic E-state index is 11.9. The minimum Gasteiger partial charge on any atom is -0.457 e. The Bertz CT molecular complexity index is 835. The molecular weight excluding hydrogens is 346 g/mol. The first-order valence-electron chi connectivity index (χ1n) is 8.80. The highest BCUT2D eigenvalue weighted by Gasteiger charge is 2.36. The second-order valence-corrected chi connectivity index (χ2v) is 6.61. The van der Waals surface area contributed by atoms with Gasteiger partial charge in [-0.25, -0.2) is 0 Å². The molecule has 142 valence electrons. The summed E-state index contributed by atoms with van der Waals surface area (Å²) in [5.74, 6) is 0.258. The van der Waals surface area contributed by atoms with Crippen molar-refractivity contribution in [3.63, 3.8) is 0 Å². The molecule has 6 heteroatoms. The topological polar surface area (TPSA) is 87.9 Å². The van der Waals surface area contributed by atoms with Crippen LogP contribution < -0.4 is 10.5 Å². The van der Waals surface area contributed by atoms with Crippen LogP contribution in [-0.4, -0.2) is 31.7 Å². The van der Waals surface area contributed by atoms with Crippen molar-refractivity contribution in [3.8, 4) is 11.5 Å². The van der Waals surface area contributed by atoms with Gasteiger partial charge in [0.15, 0.2) is 12.1 Å². The van der Waals surface area contributed by atoms with Gasteiger partial charge in [0.2, 0.25) is 5.91 Å². The average Bonchev–Trinajstić information content (AvgIpc) is 2.67. The number of benzene rings is 2. The Labute approximate surface area is 158 Å². The summed E-state index contributed by atoms with van der Waals surface area (Å²) >= 11 is 0. The van der Waals surface area contributed by atoms with E-state index in [0.29, 0.717) is 30.1 Å². The summed E-state index contributed by atoms with van der Waals surface area (Å²) in [5.41, 5.74) is 7.10. The van der Waals surface area contributed by atoms with Gasteiger partial charge < -0.3 is 19.9 Å². The summed E-state index contributed by atoms with van der Waals surface area (Å²) in [6.45, 7) is 1.86. The van der Waals surface area contributed by atoms with Gasteiger partial charge in [0.1, 0.15) is 11.5 Å². The maximum atomic E-state index is 11.9. The van der Waals surface area contributed by atoms with Crippen molar-refractivity contribution in [1.29, 1.82) is 0 Å². The van der Waals surface area contributed by atoms with Crippen LogP contribution in [0, 0.1) is 5.92 Å². The summed E-state index contributed by atoms with van der Waals surface area (Å²) in [7, 11) is 1.55. The molecule has 6 nitrogen and oxygen atoms in total. The first kappa shape index (κ1) is 19.1. The molecule has 1 heterocycles. The van der Waals surface area contributed by atoms with E-state index in [9.17, 15) is 9.59 Å². The van der Waals surface area contributed by atoms with Crippen LogP contribution in [0.15, 0.2) is 48.5 Å². The zero-order valence-electron chi connectivity index (χ0n) is 15.4. The van der Waals surface area contributed by atoms with E-state index in [1.165, 1.54) is 6.92 Å². The number of amides is 1. The fourth-order valence-corrected chi connectivity index (χ4v) is 3.30. The second-order valence-electron chi connectivity index (χ2n) is 6.61. The Hall–Kier alpha value is -2.70. The van der Waals surface area contributed by atoms with Crippen molar-refractivity contribution in [2.45, 2.75) is 25.6 Å². The van der Waals surface area contributed by atoms with Crippen LogP contribution in [0.5, 0.6) is 11.5 Å². The van der Waals surface area contributed by atoms with Gasteiger partial charge in [-0.05, 0) is 36.8 Å². The number of nitrogens with two attached hydrogens (primary N) is 1. The van der Waals surface area contributed by atoms with E-state index in [1.54, 1.807) is 31.4 Å². The van der Waals surface area contributed by atoms with Crippen molar-refractivity contribution in [3.05, 3.63) is 59.7 Å². The Morgan fingerprint density at radius 2 is 1.81 bits per heavy atom. The fraction of sp³-hybridized carbons (Fsp3) is 0.333. The van der Waals surface area contributed by atoms with Crippen LogP contribution in [0.3, 0.4) is 0 Å². The van der Waals surface area contributed by atoms with Crippen LogP contribution in [0.2, 0.25) is 0 Å². The highest BCUT2D eigenvalue weighted by molar-refractivity contribution is 5.94. The van der Waals surface area contributed by atoms with Crippen molar-refractivity contribution >= 4 is 11.7 Å². The molecular formula is C21H23NO5. The fourth-order valence-electron chi connectivity index (χ4n) is 3.30. The van der Waals surface area contributed by atoms with Crippen LogP contribution >= 0.6 is 0 Å². The molecule has 1 saturated heterocycles. The molecule has 2 aromatic carbocycles. The van der Waals surface area contributed by atoms with Gasteiger partial charge >= 0.3 is 0 Å². The van der Waals surface area contributed by atoms with Gasteiger partial charge in [-0.1, -0.05) is 24.3 Å². The highest BCUT2D eigenvalue weighted by atomic mass is 16.7. The van der Waals surface area contributed by atoms with E-state index in [0.717, 1.165) is 5.56 Å². The van der Waals surface area contributed by atoms with E-state index in [-0.39, 0.29) is 23.5 Å². The molecule has 0 saturated carbocycles. The number of ketones is 1. The number of ether oxygens (including phenoxy) is 3. The molecule has 3 rings (SSSR count). The maximum Gasteiger partial charge on any atom is 0.221 e. The molecule has 2 N–H and O–H groups in total. The van der Waals surface area contributed by atoms with Crippen molar-refractivity contribution in [1.82, 2.24) is 0 Å². The first-order chi connectivity index (χ1) is 13.0. The van der Waals surface area contributed by atoms with Gasteiger partial charge in [0, 0.05) is 25.0 Å². The number of primary amides is 1. The van der Waals surface area contributed by atoms with Crippen LogP contribution in [-0.2, 0) is 14.3 Å². The Morgan fingerprint density at radius 1 is 1.11 bits per heavy atom. The quantitative estimate of drug-likeness (QED) is 0.790. The molecule has 1 aliphatic rings. The Morgan fingerprint density at radius 3 is 2.48 bits per heavy atom. The zero-order chi connectivity index (χ0) is 19.4. The third-order valence-electron chi connectivity index (χ3n) is 4.78. The molecule has 0 radical (unpaired) electrons. The predicted molar refractivity (Wildman–Crippen MR) is 99.8 cm³/mol. The van der Waals surface area contributed by atoms with Gasteiger partial charge in [0.05, 0.1) is 12.5 Å². The van der Waals surface area contributed by atoms with Crippen LogP contribution in [0.1, 0.15) is 35.2 Å². The van der Waals surface area contributed by atoms with Gasteiger partial charge in [-0.15, -0.1) is 0 Å². The average molecular weight is 369 g/mol. The normalized spacial score (nSPS) is 22.2. The largest absolute Gasteiger partial charge is 0.457 e. The standard InChI is InChI=1S/C21H23NO5/c1-13(23)14-5-3-7-16(9-14)27-17-8-4-6-15(10-17)19-12-26-20(25-2)11-18(19)21(22)24/h3-10,18-20H,11-12H2,1-2H3,(H2,22,24)/t18-,19+,20?/m1/s1. The van der Waals surface area contributed by atoms with E-state index < -0.39 is 6.29 Å². The molecule has 1 unspecified atom stereocenters. The number of carbonyl (C=O) groups excluding carboxylic acids is 2. The summed E-state index contributed by atoms with van der Waals surface area (Å²) in [5, 5.41) is 0. The van der Waals surface area contributed by atoms with Crippen LogP contribution in [0.4, 0.5) is 0 Å². The van der Waals surface area contributed by atoms with E-state index >= 15 is 0 Å². The second kappa shape index (κ2) is 8.33. The van der Waals surface area contributed by atoms with Crippen LogP contribution in [0.25, 0.3) is 0 Å². The lowest BCUT2D eigenvalue weighted by Gasteiger charge is -2.34. The van der Waals surface area contributed by atoms with E-state index in [1.807, 2.05) is 24.3 Å². The lowest BCUT2D eigenvalue weighted by molar-refractivity contribution is -0.170. The molecule has 3 atom stereocenters. The van der Waals surface area contributed by atoms with Gasteiger partial charge in [-0.2, -0.15) is 0 Å². The summed E-state index contributed by atoms with van der Waals surface area (Å²) < 4.78 is 16.8. The van der Waals surface area contributed by atoms with E-state index in [2.05, 4.69) is 0 Å². The number of rotatable bonds is 6. The first-order valence-corrected chi connectivity index (χ1v) is 8.80. The predicted octanol–water partition coefficient (Wildman–Crippen LogP) is 3.26. The van der Waals surface area contributed by atoms with Gasteiger partial charge in [-0.3, -0.25) is 9.59 Å². The Kier molecular flexibility index (Phi) is 5.88. The SMILES string of the molecule is COC1C[C@@H](C(N)=O)[C@H](c2cccc(Oc3cccc(C(C)=O)c3)c2)CO1. The summed E-state index contributed by atoms with van der Waals surface area (Å²) in [4.78, 5) is 23.5. The monoisotopic (exact) mass is 369 g/mol. The molecule has 0 bridgehead atoms. The molecule has 0 spiro atoms. The lowest BCUT2D eigenvalue weighted by atomic mass is 9.82. The van der Waals surface area contributed by atoms with E-state index in [4.69, 9.17) is 19.9 Å². The minimum absolute atomic E-state index is 0.0226. The molecule has 1 fully saturated rings. The lowest BCUT2D eigenvalue weighted by Crippen LogP contribution is -2.40. The van der Waals surface area contributed by atoms with Gasteiger partial charge in [0.25, 0.3) is 0 Å². The molecule has 1 aliphatic heterocycles. The Balaban J connectivity index is 1.81. The van der Waals surface area contributed by atoms with Crippen molar-refractivity contribution < 1.29 is 23.8 Å². The third-order valence-corrected chi connectivity index (χ3v) is 4.78. The number of carbonyl (C=O) groups is 2. The highest BCUT2D eigenvalue weighted by Crippen LogP contribution is 2.36. The molecule has 2 aromatic rings. The summed E-state index contributed by atoms with van der Waals surface area (Å²) in [6.07, 6.45) is -0.00472. The number of Topliss-reactive ketones (excluding diaryl/α,β-unsaturated/α-hetero) is 1. The molecule has 27 heavy (non-hydrogen) atoms. The number of hydrogen-bond donors (Lipinski definition) is 1. The third kappa shape index (κ3) is 4.53. The molecule has 0 aliphatic carbocycles. The minimum atomic E-state index is -0.424. The number of methoxy groups -OCH3 is 1. The van der Waals surface area contributed by atoms with Crippen molar-refractivity contribution in [2.75, 3.05) is 13.7 Å². The molecule has 1 amide bonds. The number of hydrogen-bond acceptors (Lipinski definition) is 5. The summed E-state index contributed by atoms with van der Waals surface area (Å²) in [6, 6.07) is 14.5. The smallest absolute Gasteiger partial charge is 0.221 e.